The molecule has 0 spiro atoms. The van der Waals surface area contributed by atoms with Gasteiger partial charge in [-0.15, -0.1) is 0 Å². The highest BCUT2D eigenvalue weighted by molar-refractivity contribution is 5.77. The first-order valence-electron chi connectivity index (χ1n) is 6.65. The fourth-order valence-corrected chi connectivity index (χ4v) is 2.21. The number of nitrogens with two attached hydrogens (primary N) is 1. The van der Waals surface area contributed by atoms with Crippen molar-refractivity contribution in [1.82, 2.24) is 5.43 Å². The van der Waals surface area contributed by atoms with E-state index in [9.17, 15) is 0 Å². The SMILES string of the molecule is CC(C)CCCC(NN)c1cc2ccccc2o1. The molecule has 1 aromatic heterocycles. The fraction of sp³-hybridized carbons (Fsp3) is 0.467. The highest BCUT2D eigenvalue weighted by Gasteiger charge is 2.14. The lowest BCUT2D eigenvalue weighted by atomic mass is 10.0. The lowest BCUT2D eigenvalue weighted by molar-refractivity contribution is 0.393. The van der Waals surface area contributed by atoms with Gasteiger partial charge in [-0.3, -0.25) is 5.84 Å². The Morgan fingerprint density at radius 2 is 2.00 bits per heavy atom. The molecule has 0 aliphatic carbocycles. The molecule has 0 radical (unpaired) electrons. The molecule has 1 atom stereocenters. The molecule has 18 heavy (non-hydrogen) atoms. The number of rotatable bonds is 6. The summed E-state index contributed by atoms with van der Waals surface area (Å²) in [7, 11) is 0. The summed E-state index contributed by atoms with van der Waals surface area (Å²) in [4.78, 5) is 0. The van der Waals surface area contributed by atoms with Crippen LogP contribution in [0.3, 0.4) is 0 Å². The van der Waals surface area contributed by atoms with Crippen molar-refractivity contribution < 1.29 is 4.42 Å². The maximum Gasteiger partial charge on any atom is 0.134 e. The van der Waals surface area contributed by atoms with E-state index in [-0.39, 0.29) is 6.04 Å². The Bertz CT molecular complexity index is 457. The first-order valence-corrected chi connectivity index (χ1v) is 6.65. The van der Waals surface area contributed by atoms with Crippen LogP contribution in [0.4, 0.5) is 0 Å². The zero-order valence-electron chi connectivity index (χ0n) is 11.1. The van der Waals surface area contributed by atoms with Crippen molar-refractivity contribution in [2.75, 3.05) is 0 Å². The van der Waals surface area contributed by atoms with Crippen molar-refractivity contribution in [2.45, 2.75) is 39.2 Å². The molecule has 2 rings (SSSR count). The van der Waals surface area contributed by atoms with E-state index in [1.165, 1.54) is 6.42 Å². The average molecular weight is 246 g/mol. The Morgan fingerprint density at radius 1 is 1.22 bits per heavy atom. The minimum atomic E-state index is 0.108. The molecule has 1 heterocycles. The first kappa shape index (κ1) is 13.1. The van der Waals surface area contributed by atoms with Crippen molar-refractivity contribution >= 4 is 11.0 Å². The van der Waals surface area contributed by atoms with Crippen LogP contribution in [-0.2, 0) is 0 Å². The number of nitrogens with one attached hydrogen (secondary N) is 1. The van der Waals surface area contributed by atoms with E-state index in [1.807, 2.05) is 18.2 Å². The highest BCUT2D eigenvalue weighted by atomic mass is 16.3. The Balaban J connectivity index is 2.07. The summed E-state index contributed by atoms with van der Waals surface area (Å²) in [6.07, 6.45) is 3.39. The van der Waals surface area contributed by atoms with E-state index in [4.69, 9.17) is 10.3 Å². The van der Waals surface area contributed by atoms with E-state index in [0.717, 1.165) is 35.5 Å². The summed E-state index contributed by atoms with van der Waals surface area (Å²) >= 11 is 0. The van der Waals surface area contributed by atoms with E-state index in [1.54, 1.807) is 0 Å². The van der Waals surface area contributed by atoms with Crippen molar-refractivity contribution in [3.8, 4) is 0 Å². The van der Waals surface area contributed by atoms with Crippen molar-refractivity contribution in [2.24, 2.45) is 11.8 Å². The molecule has 0 aliphatic rings. The summed E-state index contributed by atoms with van der Waals surface area (Å²) < 4.78 is 5.84. The van der Waals surface area contributed by atoms with Gasteiger partial charge in [0.25, 0.3) is 0 Å². The van der Waals surface area contributed by atoms with Gasteiger partial charge in [-0.05, 0) is 24.5 Å². The number of furan rings is 1. The topological polar surface area (TPSA) is 51.2 Å². The largest absolute Gasteiger partial charge is 0.459 e. The van der Waals surface area contributed by atoms with Crippen LogP contribution in [0.25, 0.3) is 11.0 Å². The summed E-state index contributed by atoms with van der Waals surface area (Å²) in [5.74, 6) is 7.30. The van der Waals surface area contributed by atoms with Crippen LogP contribution in [0, 0.1) is 5.92 Å². The lowest BCUT2D eigenvalue weighted by Gasteiger charge is -2.13. The van der Waals surface area contributed by atoms with Gasteiger partial charge in [0.15, 0.2) is 0 Å². The fourth-order valence-electron chi connectivity index (χ4n) is 2.21. The number of fused-ring (bicyclic) bond motifs is 1. The van der Waals surface area contributed by atoms with Gasteiger partial charge in [0, 0.05) is 5.39 Å². The predicted octanol–water partition coefficient (Wildman–Crippen LogP) is 3.76. The van der Waals surface area contributed by atoms with E-state index in [0.29, 0.717) is 0 Å². The average Bonchev–Trinajstić information content (AvgIpc) is 2.77. The first-order chi connectivity index (χ1) is 8.70. The molecule has 0 aliphatic heterocycles. The molecule has 3 nitrogen and oxygen atoms in total. The molecule has 3 N–H and O–H groups in total. The molecule has 2 aromatic rings. The maximum atomic E-state index is 5.84. The quantitative estimate of drug-likeness (QED) is 0.602. The predicted molar refractivity (Wildman–Crippen MR) is 75.0 cm³/mol. The number of hydrazine groups is 1. The molecule has 0 fully saturated rings. The van der Waals surface area contributed by atoms with E-state index < -0.39 is 0 Å². The minimum absolute atomic E-state index is 0.108. The summed E-state index contributed by atoms with van der Waals surface area (Å²) in [6, 6.07) is 10.2. The van der Waals surface area contributed by atoms with Crippen molar-refractivity contribution in [3.05, 3.63) is 36.1 Å². The van der Waals surface area contributed by atoms with Crippen molar-refractivity contribution in [1.29, 1.82) is 0 Å². The molecule has 0 saturated heterocycles. The Kier molecular flexibility index (Phi) is 4.39. The Hall–Kier alpha value is -1.32. The molecular formula is C15H22N2O. The minimum Gasteiger partial charge on any atom is -0.459 e. The summed E-state index contributed by atoms with van der Waals surface area (Å²) in [5, 5.41) is 1.14. The smallest absolute Gasteiger partial charge is 0.134 e. The van der Waals surface area contributed by atoms with Gasteiger partial charge in [0.1, 0.15) is 11.3 Å². The third-order valence-corrected chi connectivity index (χ3v) is 3.26. The monoisotopic (exact) mass is 246 g/mol. The van der Waals surface area contributed by atoms with Gasteiger partial charge in [0.05, 0.1) is 6.04 Å². The lowest BCUT2D eigenvalue weighted by Crippen LogP contribution is -2.27. The Morgan fingerprint density at radius 3 is 2.67 bits per heavy atom. The van der Waals surface area contributed by atoms with Gasteiger partial charge in [0.2, 0.25) is 0 Å². The molecule has 1 unspecified atom stereocenters. The second-order valence-electron chi connectivity index (χ2n) is 5.23. The highest BCUT2D eigenvalue weighted by Crippen LogP contribution is 2.26. The Labute approximate surface area is 108 Å². The van der Waals surface area contributed by atoms with Gasteiger partial charge in [-0.25, -0.2) is 5.43 Å². The van der Waals surface area contributed by atoms with Crippen LogP contribution in [0.2, 0.25) is 0 Å². The summed E-state index contributed by atoms with van der Waals surface area (Å²) in [6.45, 7) is 4.48. The van der Waals surface area contributed by atoms with Gasteiger partial charge >= 0.3 is 0 Å². The standard InChI is InChI=1S/C15H22N2O/c1-11(2)6-5-8-13(17-16)15-10-12-7-3-4-9-14(12)18-15/h3-4,7,9-11,13,17H,5-6,8,16H2,1-2H3. The van der Waals surface area contributed by atoms with E-state index in [2.05, 4.69) is 31.4 Å². The molecule has 0 amide bonds. The van der Waals surface area contributed by atoms with Crippen LogP contribution in [0.1, 0.15) is 44.9 Å². The van der Waals surface area contributed by atoms with Gasteiger partial charge in [-0.1, -0.05) is 44.9 Å². The number of hydrogen-bond acceptors (Lipinski definition) is 3. The number of hydrogen-bond donors (Lipinski definition) is 2. The third-order valence-electron chi connectivity index (χ3n) is 3.26. The van der Waals surface area contributed by atoms with Gasteiger partial charge < -0.3 is 4.42 Å². The van der Waals surface area contributed by atoms with Crippen molar-refractivity contribution in [3.63, 3.8) is 0 Å². The number of para-hydroxylation sites is 1. The normalized spacial score (nSPS) is 13.3. The molecule has 3 heteroatoms. The van der Waals surface area contributed by atoms with Crippen LogP contribution in [0.15, 0.2) is 34.7 Å². The number of benzene rings is 1. The molecule has 1 aromatic carbocycles. The van der Waals surface area contributed by atoms with Gasteiger partial charge in [-0.2, -0.15) is 0 Å². The molecule has 98 valence electrons. The second-order valence-corrected chi connectivity index (χ2v) is 5.23. The van der Waals surface area contributed by atoms with Crippen LogP contribution >= 0.6 is 0 Å². The molecule has 0 bridgehead atoms. The van der Waals surface area contributed by atoms with Crippen LogP contribution in [-0.4, -0.2) is 0 Å². The zero-order valence-corrected chi connectivity index (χ0v) is 11.1. The third kappa shape index (κ3) is 3.12. The maximum absolute atomic E-state index is 5.84. The molecular weight excluding hydrogens is 224 g/mol. The van der Waals surface area contributed by atoms with Crippen LogP contribution in [0.5, 0.6) is 0 Å². The summed E-state index contributed by atoms with van der Waals surface area (Å²) in [5.41, 5.74) is 3.79. The second kappa shape index (κ2) is 6.03. The van der Waals surface area contributed by atoms with Crippen LogP contribution < -0.4 is 11.3 Å². The zero-order chi connectivity index (χ0) is 13.0. The molecule has 0 saturated carbocycles. The van der Waals surface area contributed by atoms with E-state index >= 15 is 0 Å².